The van der Waals surface area contributed by atoms with Crippen molar-refractivity contribution >= 4 is 17.7 Å². The van der Waals surface area contributed by atoms with E-state index < -0.39 is 0 Å². The Kier molecular flexibility index (Phi) is 4.00. The van der Waals surface area contributed by atoms with Crippen LogP contribution in [0.5, 0.6) is 0 Å². The zero-order valence-electron chi connectivity index (χ0n) is 7.04. The third-order valence-electron chi connectivity index (χ3n) is 1.33. The van der Waals surface area contributed by atoms with Crippen LogP contribution in [0.2, 0.25) is 0 Å². The third-order valence-corrected chi connectivity index (χ3v) is 2.16. The van der Waals surface area contributed by atoms with E-state index in [1.54, 1.807) is 18.7 Å². The molecule has 4 heteroatoms. The fraction of sp³-hybridized carbons (Fsp3) is 0.625. The van der Waals surface area contributed by atoms with E-state index in [4.69, 9.17) is 9.47 Å². The summed E-state index contributed by atoms with van der Waals surface area (Å²) in [7, 11) is 0. The molecule has 0 spiro atoms. The van der Waals surface area contributed by atoms with Gasteiger partial charge in [0.25, 0.3) is 0 Å². The molecule has 12 heavy (non-hydrogen) atoms. The zero-order chi connectivity index (χ0) is 8.81. The summed E-state index contributed by atoms with van der Waals surface area (Å²) < 4.78 is 10.0. The predicted molar refractivity (Wildman–Crippen MR) is 47.7 cm³/mol. The van der Waals surface area contributed by atoms with Gasteiger partial charge in [0.15, 0.2) is 0 Å². The Balaban J connectivity index is 2.29. The Morgan fingerprint density at radius 2 is 2.67 bits per heavy atom. The molecule has 0 aromatic carbocycles. The van der Waals surface area contributed by atoms with Crippen LogP contribution in [0.1, 0.15) is 13.3 Å². The first-order chi connectivity index (χ1) is 5.83. The number of hydrogen-bond acceptors (Lipinski definition) is 4. The molecule has 0 amide bonds. The van der Waals surface area contributed by atoms with Crippen molar-refractivity contribution in [2.75, 3.05) is 19.0 Å². The van der Waals surface area contributed by atoms with Crippen molar-refractivity contribution in [2.24, 2.45) is 0 Å². The van der Waals surface area contributed by atoms with Crippen LogP contribution in [-0.2, 0) is 14.3 Å². The molecule has 0 saturated heterocycles. The maximum Gasteiger partial charge on any atom is 0.313 e. The molecule has 1 aliphatic heterocycles. The van der Waals surface area contributed by atoms with Gasteiger partial charge >= 0.3 is 5.97 Å². The summed E-state index contributed by atoms with van der Waals surface area (Å²) in [4.78, 5) is 11.0. The average Bonchev–Trinajstić information content (AvgIpc) is 2.06. The van der Waals surface area contributed by atoms with Gasteiger partial charge < -0.3 is 9.47 Å². The molecule has 0 fully saturated rings. The van der Waals surface area contributed by atoms with Gasteiger partial charge in [-0.3, -0.25) is 4.79 Å². The summed E-state index contributed by atoms with van der Waals surface area (Å²) in [6, 6.07) is 0. The number of ether oxygens (including phenoxy) is 2. The molecule has 0 unspecified atom stereocenters. The third kappa shape index (κ3) is 3.17. The standard InChI is InChI=1S/C8H12O3S/c1-2-10-8(9)5-7-6-12-4-3-11-7/h6H,2-5H2,1H3. The summed E-state index contributed by atoms with van der Waals surface area (Å²) in [6.07, 6.45) is 0.265. The van der Waals surface area contributed by atoms with Crippen LogP contribution >= 0.6 is 11.8 Å². The van der Waals surface area contributed by atoms with Gasteiger partial charge in [-0.25, -0.2) is 0 Å². The number of hydrogen-bond donors (Lipinski definition) is 0. The highest BCUT2D eigenvalue weighted by Crippen LogP contribution is 2.17. The second kappa shape index (κ2) is 5.09. The van der Waals surface area contributed by atoms with Gasteiger partial charge in [0.2, 0.25) is 0 Å². The van der Waals surface area contributed by atoms with Gasteiger partial charge in [0.05, 0.1) is 13.2 Å². The highest BCUT2D eigenvalue weighted by atomic mass is 32.2. The first-order valence-electron chi connectivity index (χ1n) is 3.92. The van der Waals surface area contributed by atoms with Gasteiger partial charge in [0.1, 0.15) is 12.2 Å². The van der Waals surface area contributed by atoms with Crippen molar-refractivity contribution in [2.45, 2.75) is 13.3 Å². The lowest BCUT2D eigenvalue weighted by molar-refractivity contribution is -0.143. The number of esters is 1. The van der Waals surface area contributed by atoms with Crippen molar-refractivity contribution in [1.82, 2.24) is 0 Å². The minimum Gasteiger partial charge on any atom is -0.496 e. The molecule has 68 valence electrons. The fourth-order valence-corrected chi connectivity index (χ4v) is 1.49. The molecule has 1 aliphatic rings. The van der Waals surface area contributed by atoms with Gasteiger partial charge in [-0.2, -0.15) is 0 Å². The van der Waals surface area contributed by atoms with E-state index in [1.807, 2.05) is 5.41 Å². The Morgan fingerprint density at radius 1 is 1.83 bits per heavy atom. The Labute approximate surface area is 76.1 Å². The van der Waals surface area contributed by atoms with Crippen LogP contribution in [0, 0.1) is 0 Å². The molecule has 0 saturated carbocycles. The molecule has 0 bridgehead atoms. The number of carbonyl (C=O) groups excluding carboxylic acids is 1. The van der Waals surface area contributed by atoms with Crippen LogP contribution < -0.4 is 0 Å². The highest BCUT2D eigenvalue weighted by Gasteiger charge is 2.10. The molecule has 0 radical (unpaired) electrons. The summed E-state index contributed by atoms with van der Waals surface area (Å²) in [5, 5.41) is 1.88. The molecule has 1 rings (SSSR count). The molecular formula is C8H12O3S. The average molecular weight is 188 g/mol. The minimum absolute atomic E-state index is 0.216. The maximum absolute atomic E-state index is 11.0. The lowest BCUT2D eigenvalue weighted by Gasteiger charge is -2.13. The lowest BCUT2D eigenvalue weighted by atomic mass is 10.4. The molecular weight excluding hydrogens is 176 g/mol. The van der Waals surface area contributed by atoms with Crippen LogP contribution in [0.25, 0.3) is 0 Å². The van der Waals surface area contributed by atoms with Gasteiger partial charge in [-0.05, 0) is 6.92 Å². The molecule has 0 aliphatic carbocycles. The summed E-state index contributed by atoms with van der Waals surface area (Å²) in [6.45, 7) is 2.91. The first-order valence-corrected chi connectivity index (χ1v) is 4.97. The van der Waals surface area contributed by atoms with Crippen molar-refractivity contribution in [3.63, 3.8) is 0 Å². The van der Waals surface area contributed by atoms with Crippen molar-refractivity contribution in [1.29, 1.82) is 0 Å². The summed E-state index contributed by atoms with van der Waals surface area (Å²) in [5.41, 5.74) is 0. The highest BCUT2D eigenvalue weighted by molar-refractivity contribution is 8.02. The van der Waals surface area contributed by atoms with Crippen LogP contribution in [0.4, 0.5) is 0 Å². The second-order valence-corrected chi connectivity index (χ2v) is 3.26. The maximum atomic E-state index is 11.0. The minimum atomic E-state index is -0.216. The fourth-order valence-electron chi connectivity index (χ4n) is 0.854. The number of carbonyl (C=O) groups is 1. The van der Waals surface area contributed by atoms with E-state index in [9.17, 15) is 4.79 Å². The van der Waals surface area contributed by atoms with E-state index in [1.165, 1.54) is 0 Å². The molecule has 0 aromatic rings. The number of rotatable bonds is 3. The molecule has 0 N–H and O–H groups in total. The van der Waals surface area contributed by atoms with E-state index in [2.05, 4.69) is 0 Å². The predicted octanol–water partition coefficient (Wildman–Crippen LogP) is 1.54. The van der Waals surface area contributed by atoms with Crippen LogP contribution in [-0.4, -0.2) is 24.9 Å². The monoisotopic (exact) mass is 188 g/mol. The summed E-state index contributed by atoms with van der Waals surface area (Å²) >= 11 is 1.67. The quantitative estimate of drug-likeness (QED) is 0.629. The smallest absolute Gasteiger partial charge is 0.313 e. The second-order valence-electron chi connectivity index (χ2n) is 2.29. The molecule has 1 heterocycles. The van der Waals surface area contributed by atoms with E-state index in [0.717, 1.165) is 11.5 Å². The van der Waals surface area contributed by atoms with Gasteiger partial charge in [-0.1, -0.05) is 0 Å². The molecule has 0 aromatic heterocycles. The zero-order valence-corrected chi connectivity index (χ0v) is 7.86. The van der Waals surface area contributed by atoms with E-state index in [0.29, 0.717) is 13.2 Å². The van der Waals surface area contributed by atoms with Crippen molar-refractivity contribution in [3.8, 4) is 0 Å². The largest absolute Gasteiger partial charge is 0.496 e. The Morgan fingerprint density at radius 3 is 3.25 bits per heavy atom. The topological polar surface area (TPSA) is 35.5 Å². The SMILES string of the molecule is CCOC(=O)CC1=CSCCO1. The van der Waals surface area contributed by atoms with Crippen LogP contribution in [0.15, 0.2) is 11.2 Å². The van der Waals surface area contributed by atoms with Gasteiger partial charge in [0, 0.05) is 11.2 Å². The Bertz CT molecular complexity index is 189. The lowest BCUT2D eigenvalue weighted by Crippen LogP contribution is -2.09. The van der Waals surface area contributed by atoms with Crippen molar-refractivity contribution in [3.05, 3.63) is 11.2 Å². The van der Waals surface area contributed by atoms with Crippen LogP contribution in [0.3, 0.4) is 0 Å². The molecule has 3 nitrogen and oxygen atoms in total. The normalized spacial score (nSPS) is 16.2. The van der Waals surface area contributed by atoms with E-state index >= 15 is 0 Å². The van der Waals surface area contributed by atoms with Crippen molar-refractivity contribution < 1.29 is 14.3 Å². The number of thioether (sulfide) groups is 1. The van der Waals surface area contributed by atoms with Gasteiger partial charge in [-0.15, -0.1) is 11.8 Å². The summed E-state index contributed by atoms with van der Waals surface area (Å²) in [5.74, 6) is 1.47. The van der Waals surface area contributed by atoms with E-state index in [-0.39, 0.29) is 12.4 Å². The molecule has 0 atom stereocenters. The first kappa shape index (κ1) is 9.45. The Hall–Kier alpha value is -0.640.